The third kappa shape index (κ3) is 7.95. The normalized spacial score (nSPS) is 10.8. The number of allylic oxidation sites excluding steroid dienone is 1. The highest BCUT2D eigenvalue weighted by molar-refractivity contribution is 5.83. The molecule has 30 heavy (non-hydrogen) atoms. The van der Waals surface area contributed by atoms with Gasteiger partial charge in [-0.05, 0) is 38.0 Å². The first-order valence-corrected chi connectivity index (χ1v) is 11.0. The van der Waals surface area contributed by atoms with E-state index in [1.807, 2.05) is 24.3 Å². The fourth-order valence-corrected chi connectivity index (χ4v) is 3.71. The lowest BCUT2D eigenvalue weighted by molar-refractivity contribution is -0.610. The van der Waals surface area contributed by atoms with Gasteiger partial charge in [-0.15, -0.1) is 0 Å². The summed E-state index contributed by atoms with van der Waals surface area (Å²) in [5.74, 6) is 0.212. The molecule has 0 N–H and O–H groups in total. The Balaban J connectivity index is 0.00000450. The maximum Gasteiger partial charge on any atom is 0.335 e. The van der Waals surface area contributed by atoms with Crippen molar-refractivity contribution in [2.24, 2.45) is 0 Å². The van der Waals surface area contributed by atoms with Crippen LogP contribution in [-0.4, -0.2) is 5.97 Å². The fourth-order valence-electron chi connectivity index (χ4n) is 3.71. The Hall–Kier alpha value is -2.13. The molecule has 0 unspecified atom stereocenters. The smallest absolute Gasteiger partial charge is 0.335 e. The molecule has 0 amide bonds. The average Bonchev–Trinajstić information content (AvgIpc) is 2.70. The Kier molecular flexibility index (Phi) is 12.1. The van der Waals surface area contributed by atoms with Crippen LogP contribution < -0.4 is 21.7 Å². The number of aryl methyl sites for hydroxylation is 2. The van der Waals surface area contributed by atoms with Gasteiger partial charge in [0.25, 0.3) is 0 Å². The van der Waals surface area contributed by atoms with Gasteiger partial charge < -0.3 is 17.1 Å². The van der Waals surface area contributed by atoms with E-state index in [0.717, 1.165) is 12.1 Å². The first-order chi connectivity index (χ1) is 14.1. The van der Waals surface area contributed by atoms with Crippen molar-refractivity contribution in [2.45, 2.75) is 79.1 Å². The standard InChI is InChI=1S/C26H36NO2.ClH/c1-5-7-8-9-10-11-12-14-23-16-15-21(3)27(22(23)4)24-17-19-25(20-18-24)29-26(28)13-6-2;/h6,13,15-20H,5,7-12,14H2,1-4H3;1H/q+1;/p-1. The number of unbranched alkanes of at least 4 members (excludes halogenated alkanes) is 6. The highest BCUT2D eigenvalue weighted by Crippen LogP contribution is 2.17. The van der Waals surface area contributed by atoms with Crippen LogP contribution in [-0.2, 0) is 11.2 Å². The van der Waals surface area contributed by atoms with E-state index in [4.69, 9.17) is 4.74 Å². The summed E-state index contributed by atoms with van der Waals surface area (Å²) in [6, 6.07) is 12.2. The summed E-state index contributed by atoms with van der Waals surface area (Å²) in [5, 5.41) is 0. The van der Waals surface area contributed by atoms with Crippen LogP contribution in [0.2, 0.25) is 0 Å². The molecule has 0 saturated carbocycles. The molecule has 1 heterocycles. The van der Waals surface area contributed by atoms with Crippen LogP contribution in [0.15, 0.2) is 48.6 Å². The first kappa shape index (κ1) is 25.9. The maximum atomic E-state index is 11.6. The van der Waals surface area contributed by atoms with Crippen molar-refractivity contribution in [2.75, 3.05) is 0 Å². The lowest BCUT2D eigenvalue weighted by Crippen LogP contribution is -3.00. The summed E-state index contributed by atoms with van der Waals surface area (Å²) < 4.78 is 7.58. The number of nitrogens with zero attached hydrogens (tertiary/aromatic N) is 1. The van der Waals surface area contributed by atoms with Crippen molar-refractivity contribution in [1.82, 2.24) is 0 Å². The molecule has 0 saturated heterocycles. The summed E-state index contributed by atoms with van der Waals surface area (Å²) in [6.45, 7) is 8.39. The molecule has 0 spiro atoms. The van der Waals surface area contributed by atoms with Gasteiger partial charge in [-0.2, -0.15) is 4.57 Å². The Bertz CT molecular complexity index is 813. The van der Waals surface area contributed by atoms with Crippen molar-refractivity contribution >= 4 is 5.97 Å². The third-order valence-corrected chi connectivity index (χ3v) is 5.34. The Morgan fingerprint density at radius 3 is 2.20 bits per heavy atom. The zero-order valence-corrected chi connectivity index (χ0v) is 19.7. The number of ether oxygens (including phenoxy) is 1. The number of aromatic nitrogens is 1. The van der Waals surface area contributed by atoms with E-state index in [-0.39, 0.29) is 18.4 Å². The van der Waals surface area contributed by atoms with Gasteiger partial charge in [0, 0.05) is 43.7 Å². The van der Waals surface area contributed by atoms with Crippen LogP contribution in [0.3, 0.4) is 0 Å². The Morgan fingerprint density at radius 1 is 0.933 bits per heavy atom. The second-order valence-electron chi connectivity index (χ2n) is 7.71. The summed E-state index contributed by atoms with van der Waals surface area (Å²) in [5.41, 5.74) is 4.99. The predicted molar refractivity (Wildman–Crippen MR) is 120 cm³/mol. The van der Waals surface area contributed by atoms with Crippen molar-refractivity contribution in [3.05, 3.63) is 65.5 Å². The lowest BCUT2D eigenvalue weighted by atomic mass is 10.0. The number of hydrogen-bond acceptors (Lipinski definition) is 2. The highest BCUT2D eigenvalue weighted by Gasteiger charge is 2.18. The Morgan fingerprint density at radius 2 is 1.57 bits per heavy atom. The molecular formula is C26H36ClNO2. The van der Waals surface area contributed by atoms with Gasteiger partial charge >= 0.3 is 5.97 Å². The predicted octanol–water partition coefficient (Wildman–Crippen LogP) is 3.36. The van der Waals surface area contributed by atoms with Gasteiger partial charge in [-0.25, -0.2) is 4.79 Å². The van der Waals surface area contributed by atoms with Crippen LogP contribution in [0.5, 0.6) is 5.75 Å². The van der Waals surface area contributed by atoms with E-state index in [1.165, 1.54) is 68.0 Å². The monoisotopic (exact) mass is 429 g/mol. The molecule has 1 aromatic carbocycles. The number of halogens is 1. The molecule has 0 aliphatic rings. The zero-order chi connectivity index (χ0) is 21.1. The van der Waals surface area contributed by atoms with Crippen molar-refractivity contribution in [1.29, 1.82) is 0 Å². The van der Waals surface area contributed by atoms with Gasteiger partial charge in [0.15, 0.2) is 11.4 Å². The van der Waals surface area contributed by atoms with Crippen LogP contribution >= 0.6 is 0 Å². The van der Waals surface area contributed by atoms with Gasteiger partial charge in [0.1, 0.15) is 5.75 Å². The maximum absolute atomic E-state index is 11.6. The molecule has 2 rings (SSSR count). The van der Waals surface area contributed by atoms with E-state index < -0.39 is 0 Å². The summed E-state index contributed by atoms with van der Waals surface area (Å²) in [7, 11) is 0. The van der Waals surface area contributed by atoms with E-state index >= 15 is 0 Å². The van der Waals surface area contributed by atoms with Gasteiger partial charge in [0.2, 0.25) is 5.69 Å². The number of benzene rings is 1. The topological polar surface area (TPSA) is 30.2 Å². The Labute approximate surface area is 188 Å². The number of rotatable bonds is 11. The van der Waals surface area contributed by atoms with Gasteiger partial charge in [-0.1, -0.05) is 51.5 Å². The molecule has 3 nitrogen and oxygen atoms in total. The van der Waals surface area contributed by atoms with E-state index in [9.17, 15) is 4.79 Å². The molecule has 0 aliphatic heterocycles. The quantitative estimate of drug-likeness (QED) is 0.180. The molecule has 2 aromatic rings. The summed E-state index contributed by atoms with van der Waals surface area (Å²) in [4.78, 5) is 11.6. The molecule has 0 fully saturated rings. The number of pyridine rings is 1. The number of carbonyl (C=O) groups is 1. The minimum absolute atomic E-state index is 0. The number of hydrogen-bond donors (Lipinski definition) is 0. The second-order valence-corrected chi connectivity index (χ2v) is 7.71. The van der Waals surface area contributed by atoms with Crippen molar-refractivity contribution in [3.8, 4) is 11.4 Å². The molecule has 0 radical (unpaired) electrons. The summed E-state index contributed by atoms with van der Waals surface area (Å²) in [6.07, 6.45) is 13.5. The number of esters is 1. The first-order valence-electron chi connectivity index (χ1n) is 11.0. The molecule has 1 aromatic heterocycles. The molecule has 0 aliphatic carbocycles. The minimum atomic E-state index is -0.350. The lowest BCUT2D eigenvalue weighted by Gasteiger charge is -2.09. The number of carbonyl (C=O) groups excluding carboxylic acids is 1. The van der Waals surface area contributed by atoms with Gasteiger partial charge in [-0.3, -0.25) is 0 Å². The third-order valence-electron chi connectivity index (χ3n) is 5.34. The zero-order valence-electron chi connectivity index (χ0n) is 18.9. The average molecular weight is 430 g/mol. The van der Waals surface area contributed by atoms with E-state index in [2.05, 4.69) is 37.5 Å². The van der Waals surface area contributed by atoms with E-state index in [1.54, 1.807) is 13.0 Å². The molecule has 0 atom stereocenters. The van der Waals surface area contributed by atoms with E-state index in [0.29, 0.717) is 5.75 Å². The molecule has 164 valence electrons. The largest absolute Gasteiger partial charge is 1.00 e. The SMILES string of the molecule is CC=CC(=O)Oc1ccc(-[n+]2c(C)ccc(CCCCCCCCC)c2C)cc1.[Cl-]. The second kappa shape index (κ2) is 14.0. The molecule has 0 bridgehead atoms. The van der Waals surface area contributed by atoms with Crippen molar-refractivity contribution in [3.63, 3.8) is 0 Å². The molecular weight excluding hydrogens is 394 g/mol. The van der Waals surface area contributed by atoms with Crippen LogP contribution in [0, 0.1) is 13.8 Å². The van der Waals surface area contributed by atoms with Crippen LogP contribution in [0.25, 0.3) is 5.69 Å². The van der Waals surface area contributed by atoms with Crippen LogP contribution in [0.1, 0.15) is 75.7 Å². The fraction of sp³-hybridized carbons (Fsp3) is 0.462. The minimum Gasteiger partial charge on any atom is -1.00 e. The van der Waals surface area contributed by atoms with Crippen molar-refractivity contribution < 1.29 is 26.5 Å². The highest BCUT2D eigenvalue weighted by atomic mass is 35.5. The van der Waals surface area contributed by atoms with Crippen LogP contribution in [0.4, 0.5) is 0 Å². The molecule has 4 heteroatoms. The summed E-state index contributed by atoms with van der Waals surface area (Å²) >= 11 is 0. The van der Waals surface area contributed by atoms with Gasteiger partial charge in [0.05, 0.1) is 0 Å².